The molecule has 25 heavy (non-hydrogen) atoms. The molecule has 1 aromatic rings. The topological polar surface area (TPSA) is 74.8 Å². The normalized spacial score (nSPS) is 18.3. The summed E-state index contributed by atoms with van der Waals surface area (Å²) in [6.45, 7) is 7.24. The SMILES string of the molecule is CC(=O)/C=C/c1cnc2c(c1)CN(CCCN1CCOCC1)C(=O)N2. The van der Waals surface area contributed by atoms with E-state index in [9.17, 15) is 9.59 Å². The Kier molecular flexibility index (Phi) is 5.78. The minimum absolute atomic E-state index is 0.00392. The van der Waals surface area contributed by atoms with Gasteiger partial charge in [0.15, 0.2) is 5.78 Å². The number of allylic oxidation sites excluding steroid dienone is 1. The average Bonchev–Trinajstić information content (AvgIpc) is 2.61. The number of amides is 2. The molecule has 1 saturated heterocycles. The zero-order valence-electron chi connectivity index (χ0n) is 14.5. The highest BCUT2D eigenvalue weighted by Gasteiger charge is 2.23. The number of aromatic nitrogens is 1. The summed E-state index contributed by atoms with van der Waals surface area (Å²) in [5, 5.41) is 2.84. The summed E-state index contributed by atoms with van der Waals surface area (Å²) < 4.78 is 5.35. The van der Waals surface area contributed by atoms with Gasteiger partial charge in [0, 0.05) is 37.9 Å². The van der Waals surface area contributed by atoms with Crippen LogP contribution >= 0.6 is 0 Å². The van der Waals surface area contributed by atoms with Crippen molar-refractivity contribution in [1.82, 2.24) is 14.8 Å². The smallest absolute Gasteiger partial charge is 0.323 e. The van der Waals surface area contributed by atoms with Crippen LogP contribution in [-0.2, 0) is 16.1 Å². The van der Waals surface area contributed by atoms with Crippen molar-refractivity contribution in [3.05, 3.63) is 29.5 Å². The van der Waals surface area contributed by atoms with E-state index in [4.69, 9.17) is 4.74 Å². The molecule has 0 radical (unpaired) electrons. The summed E-state index contributed by atoms with van der Waals surface area (Å²) in [5.41, 5.74) is 1.83. The number of ketones is 1. The van der Waals surface area contributed by atoms with Crippen LogP contribution < -0.4 is 5.32 Å². The molecular formula is C18H24N4O3. The number of hydrogen-bond acceptors (Lipinski definition) is 5. The number of carbonyl (C=O) groups excluding carboxylic acids is 2. The van der Waals surface area contributed by atoms with Gasteiger partial charge in [-0.15, -0.1) is 0 Å². The van der Waals surface area contributed by atoms with Crippen molar-refractivity contribution in [1.29, 1.82) is 0 Å². The fourth-order valence-corrected chi connectivity index (χ4v) is 3.01. The van der Waals surface area contributed by atoms with E-state index in [1.165, 1.54) is 13.0 Å². The minimum Gasteiger partial charge on any atom is -0.379 e. The number of anilines is 1. The summed E-state index contributed by atoms with van der Waals surface area (Å²) in [6, 6.07) is 1.87. The Morgan fingerprint density at radius 3 is 2.92 bits per heavy atom. The number of fused-ring (bicyclic) bond motifs is 1. The zero-order chi connectivity index (χ0) is 17.6. The second-order valence-electron chi connectivity index (χ2n) is 6.38. The van der Waals surface area contributed by atoms with E-state index < -0.39 is 0 Å². The van der Waals surface area contributed by atoms with Crippen molar-refractivity contribution in [3.63, 3.8) is 0 Å². The fourth-order valence-electron chi connectivity index (χ4n) is 3.01. The van der Waals surface area contributed by atoms with E-state index in [0.717, 1.165) is 50.4 Å². The van der Waals surface area contributed by atoms with Crippen LogP contribution in [-0.4, -0.2) is 66.0 Å². The van der Waals surface area contributed by atoms with E-state index in [1.54, 1.807) is 12.3 Å². The highest BCUT2D eigenvalue weighted by molar-refractivity contribution is 5.92. The summed E-state index contributed by atoms with van der Waals surface area (Å²) in [7, 11) is 0. The lowest BCUT2D eigenvalue weighted by molar-refractivity contribution is -0.112. The van der Waals surface area contributed by atoms with Gasteiger partial charge in [0.2, 0.25) is 0 Å². The third-order valence-electron chi connectivity index (χ3n) is 4.38. The third-order valence-corrected chi connectivity index (χ3v) is 4.38. The van der Waals surface area contributed by atoms with E-state index in [1.807, 2.05) is 11.0 Å². The van der Waals surface area contributed by atoms with E-state index >= 15 is 0 Å². The standard InChI is InChI=1S/C18H24N4O3/c1-14(23)3-4-15-11-16-13-22(18(24)20-17(16)19-12-15)6-2-5-21-7-9-25-10-8-21/h3-4,11-12H,2,5-10,13H2,1H3,(H,19,20,24)/b4-3+. The molecule has 0 spiro atoms. The highest BCUT2D eigenvalue weighted by Crippen LogP contribution is 2.22. The number of hydrogen-bond donors (Lipinski definition) is 1. The lowest BCUT2D eigenvalue weighted by atomic mass is 10.1. The molecule has 1 fully saturated rings. The maximum atomic E-state index is 12.2. The molecular weight excluding hydrogens is 320 g/mol. The van der Waals surface area contributed by atoms with Gasteiger partial charge < -0.3 is 9.64 Å². The summed E-state index contributed by atoms with van der Waals surface area (Å²) in [5.74, 6) is 0.602. The Hall–Kier alpha value is -2.25. The van der Waals surface area contributed by atoms with Gasteiger partial charge in [0.1, 0.15) is 5.82 Å². The van der Waals surface area contributed by atoms with Crippen LogP contribution in [0.5, 0.6) is 0 Å². The number of morpholine rings is 1. The molecule has 134 valence electrons. The highest BCUT2D eigenvalue weighted by atomic mass is 16.5. The number of ether oxygens (including phenoxy) is 1. The number of nitrogens with zero attached hydrogens (tertiary/aromatic N) is 3. The molecule has 0 atom stereocenters. The number of urea groups is 1. The molecule has 0 saturated carbocycles. The quantitative estimate of drug-likeness (QED) is 0.796. The van der Waals surface area contributed by atoms with Crippen molar-refractivity contribution in [2.24, 2.45) is 0 Å². The summed E-state index contributed by atoms with van der Waals surface area (Å²) >= 11 is 0. The number of carbonyl (C=O) groups is 2. The lowest BCUT2D eigenvalue weighted by Crippen LogP contribution is -2.42. The maximum Gasteiger partial charge on any atom is 0.323 e. The molecule has 2 aliphatic rings. The largest absolute Gasteiger partial charge is 0.379 e. The van der Waals surface area contributed by atoms with Crippen molar-refractivity contribution in [3.8, 4) is 0 Å². The molecule has 0 unspecified atom stereocenters. The van der Waals surface area contributed by atoms with Crippen LogP contribution in [0.15, 0.2) is 18.3 Å². The molecule has 0 aliphatic carbocycles. The van der Waals surface area contributed by atoms with Gasteiger partial charge in [0.05, 0.1) is 19.8 Å². The van der Waals surface area contributed by atoms with E-state index in [0.29, 0.717) is 18.9 Å². The predicted molar refractivity (Wildman–Crippen MR) is 95.3 cm³/mol. The monoisotopic (exact) mass is 344 g/mol. The van der Waals surface area contributed by atoms with Gasteiger partial charge in [-0.2, -0.15) is 0 Å². The van der Waals surface area contributed by atoms with Crippen molar-refractivity contribution >= 4 is 23.7 Å². The Balaban J connectivity index is 1.57. The summed E-state index contributed by atoms with van der Waals surface area (Å²) in [4.78, 5) is 31.8. The van der Waals surface area contributed by atoms with Gasteiger partial charge in [-0.3, -0.25) is 15.0 Å². The molecule has 7 heteroatoms. The molecule has 7 nitrogen and oxygen atoms in total. The van der Waals surface area contributed by atoms with E-state index in [2.05, 4.69) is 15.2 Å². The van der Waals surface area contributed by atoms with Crippen molar-refractivity contribution < 1.29 is 14.3 Å². The Labute approximate surface area is 147 Å². The van der Waals surface area contributed by atoms with Gasteiger partial charge in [-0.05, 0) is 37.1 Å². The number of pyridine rings is 1. The van der Waals surface area contributed by atoms with Gasteiger partial charge in [-0.1, -0.05) is 0 Å². The Morgan fingerprint density at radius 1 is 1.36 bits per heavy atom. The molecule has 3 rings (SSSR count). The first-order chi connectivity index (χ1) is 12.1. The first-order valence-electron chi connectivity index (χ1n) is 8.65. The third kappa shape index (κ3) is 4.87. The second kappa shape index (κ2) is 8.22. The first kappa shape index (κ1) is 17.6. The molecule has 0 bridgehead atoms. The van der Waals surface area contributed by atoms with E-state index in [-0.39, 0.29) is 11.8 Å². The van der Waals surface area contributed by atoms with Crippen LogP contribution in [0.25, 0.3) is 6.08 Å². The van der Waals surface area contributed by atoms with Crippen LogP contribution in [0.3, 0.4) is 0 Å². The maximum absolute atomic E-state index is 12.2. The molecule has 2 amide bonds. The second-order valence-corrected chi connectivity index (χ2v) is 6.38. The Morgan fingerprint density at radius 2 is 2.16 bits per heavy atom. The van der Waals surface area contributed by atoms with Crippen LogP contribution in [0.4, 0.5) is 10.6 Å². The number of nitrogens with one attached hydrogen (secondary N) is 1. The fraction of sp³-hybridized carbons (Fsp3) is 0.500. The predicted octanol–water partition coefficient (Wildman–Crippen LogP) is 1.75. The lowest BCUT2D eigenvalue weighted by Gasteiger charge is -2.31. The van der Waals surface area contributed by atoms with Crippen LogP contribution in [0, 0.1) is 0 Å². The van der Waals surface area contributed by atoms with Gasteiger partial charge >= 0.3 is 6.03 Å². The van der Waals surface area contributed by atoms with Crippen LogP contribution in [0.1, 0.15) is 24.5 Å². The Bertz CT molecular complexity index is 668. The molecule has 2 aliphatic heterocycles. The number of rotatable bonds is 6. The summed E-state index contributed by atoms with van der Waals surface area (Å²) in [6.07, 6.45) is 5.85. The zero-order valence-corrected chi connectivity index (χ0v) is 14.5. The van der Waals surface area contributed by atoms with Crippen molar-refractivity contribution in [2.45, 2.75) is 19.9 Å². The van der Waals surface area contributed by atoms with Gasteiger partial charge in [-0.25, -0.2) is 9.78 Å². The minimum atomic E-state index is -0.103. The molecule has 1 aromatic heterocycles. The molecule has 1 N–H and O–H groups in total. The van der Waals surface area contributed by atoms with Gasteiger partial charge in [0.25, 0.3) is 0 Å². The molecule has 3 heterocycles. The molecule has 0 aromatic carbocycles. The average molecular weight is 344 g/mol. The van der Waals surface area contributed by atoms with Crippen molar-refractivity contribution in [2.75, 3.05) is 44.7 Å². The van der Waals surface area contributed by atoms with Crippen LogP contribution in [0.2, 0.25) is 0 Å². The first-order valence-corrected chi connectivity index (χ1v) is 8.65.